The summed E-state index contributed by atoms with van der Waals surface area (Å²) >= 11 is 6.31. The van der Waals surface area contributed by atoms with Crippen molar-refractivity contribution in [3.63, 3.8) is 0 Å². The molecular formula is C22H23ClN4O2. The summed E-state index contributed by atoms with van der Waals surface area (Å²) in [4.78, 5) is 17.2. The fraction of sp³-hybridized carbons (Fsp3) is 0.273. The highest BCUT2D eigenvalue weighted by atomic mass is 35.5. The van der Waals surface area contributed by atoms with E-state index in [1.54, 1.807) is 18.8 Å². The molecule has 1 aliphatic heterocycles. The third-order valence-electron chi connectivity index (χ3n) is 5.22. The van der Waals surface area contributed by atoms with Crippen molar-refractivity contribution in [2.24, 2.45) is 7.05 Å². The number of carbonyl (C=O) groups is 1. The number of hydrogen-bond acceptors (Lipinski definition) is 4. The molecule has 1 fully saturated rings. The predicted molar refractivity (Wildman–Crippen MR) is 115 cm³/mol. The summed E-state index contributed by atoms with van der Waals surface area (Å²) in [5.41, 5.74) is 3.27. The smallest absolute Gasteiger partial charge is 0.272 e. The number of ether oxygens (including phenoxy) is 1. The van der Waals surface area contributed by atoms with Crippen LogP contribution < -0.4 is 9.64 Å². The first-order valence-electron chi connectivity index (χ1n) is 9.54. The summed E-state index contributed by atoms with van der Waals surface area (Å²) in [5, 5.41) is 5.27. The van der Waals surface area contributed by atoms with E-state index < -0.39 is 0 Å². The minimum Gasteiger partial charge on any atom is -0.497 e. The maximum absolute atomic E-state index is 13.1. The average Bonchev–Trinajstić information content (AvgIpc) is 3.15. The highest BCUT2D eigenvalue weighted by molar-refractivity contribution is 6.33. The van der Waals surface area contributed by atoms with Gasteiger partial charge in [0, 0.05) is 38.8 Å². The van der Waals surface area contributed by atoms with Gasteiger partial charge in [0.05, 0.1) is 23.5 Å². The summed E-state index contributed by atoms with van der Waals surface area (Å²) in [7, 11) is 3.44. The first-order chi connectivity index (χ1) is 14.1. The molecule has 2 heterocycles. The van der Waals surface area contributed by atoms with E-state index in [4.69, 9.17) is 16.3 Å². The molecule has 0 atom stereocenters. The second-order valence-corrected chi connectivity index (χ2v) is 7.41. The number of halogens is 1. The number of methoxy groups -OCH3 is 1. The van der Waals surface area contributed by atoms with Crippen LogP contribution in [0, 0.1) is 0 Å². The molecule has 2 aromatic carbocycles. The molecule has 0 spiro atoms. The highest BCUT2D eigenvalue weighted by Gasteiger charge is 2.25. The van der Waals surface area contributed by atoms with Gasteiger partial charge in [0.15, 0.2) is 0 Å². The van der Waals surface area contributed by atoms with Crippen molar-refractivity contribution in [2.75, 3.05) is 38.2 Å². The SMILES string of the molecule is COc1cccc(-c2cc(C(=O)N3CCN(c4ccccc4Cl)CC3)n(C)n2)c1. The number of rotatable bonds is 4. The molecule has 4 rings (SSSR count). The number of benzene rings is 2. The Balaban J connectivity index is 1.48. The van der Waals surface area contributed by atoms with Gasteiger partial charge >= 0.3 is 0 Å². The van der Waals surface area contributed by atoms with E-state index in [-0.39, 0.29) is 5.91 Å². The topological polar surface area (TPSA) is 50.6 Å². The Labute approximate surface area is 175 Å². The van der Waals surface area contributed by atoms with Crippen LogP contribution >= 0.6 is 11.6 Å². The lowest BCUT2D eigenvalue weighted by Crippen LogP contribution is -2.49. The van der Waals surface area contributed by atoms with Crippen molar-refractivity contribution in [1.82, 2.24) is 14.7 Å². The van der Waals surface area contributed by atoms with Gasteiger partial charge in [-0.25, -0.2) is 0 Å². The van der Waals surface area contributed by atoms with Crippen molar-refractivity contribution in [2.45, 2.75) is 0 Å². The van der Waals surface area contributed by atoms with Crippen molar-refractivity contribution < 1.29 is 9.53 Å². The van der Waals surface area contributed by atoms with Crippen LogP contribution in [0.2, 0.25) is 5.02 Å². The molecule has 0 saturated carbocycles. The average molecular weight is 411 g/mol. The molecule has 0 unspecified atom stereocenters. The molecule has 29 heavy (non-hydrogen) atoms. The Morgan fingerprint density at radius 2 is 1.79 bits per heavy atom. The van der Waals surface area contributed by atoms with Crippen molar-refractivity contribution in [1.29, 1.82) is 0 Å². The predicted octanol–water partition coefficient (Wildman–Crippen LogP) is 3.71. The number of amides is 1. The second kappa shape index (κ2) is 8.17. The standard InChI is InChI=1S/C22H23ClN4O2/c1-25-21(15-19(24-25)16-6-5-7-17(14-16)29-2)22(28)27-12-10-26(11-13-27)20-9-4-3-8-18(20)23/h3-9,14-15H,10-13H2,1-2H3. The largest absolute Gasteiger partial charge is 0.497 e. The van der Waals surface area contributed by atoms with Crippen molar-refractivity contribution in [3.8, 4) is 17.0 Å². The van der Waals surface area contributed by atoms with Crippen LogP contribution in [0.15, 0.2) is 54.6 Å². The minimum atomic E-state index is -0.00652. The van der Waals surface area contributed by atoms with Gasteiger partial charge < -0.3 is 14.5 Å². The molecule has 0 aliphatic carbocycles. The third-order valence-corrected chi connectivity index (χ3v) is 5.54. The molecule has 1 amide bonds. The number of piperazine rings is 1. The van der Waals surface area contributed by atoms with E-state index in [9.17, 15) is 4.79 Å². The second-order valence-electron chi connectivity index (χ2n) is 7.00. The maximum atomic E-state index is 13.1. The van der Waals surface area contributed by atoms with Crippen LogP contribution in [0.4, 0.5) is 5.69 Å². The first-order valence-corrected chi connectivity index (χ1v) is 9.92. The minimum absolute atomic E-state index is 0.00652. The molecule has 1 aromatic heterocycles. The van der Waals surface area contributed by atoms with Gasteiger partial charge in [-0.2, -0.15) is 5.10 Å². The monoisotopic (exact) mass is 410 g/mol. The molecule has 0 radical (unpaired) electrons. The normalized spacial score (nSPS) is 14.2. The van der Waals surface area contributed by atoms with Gasteiger partial charge in [-0.1, -0.05) is 35.9 Å². The molecule has 0 bridgehead atoms. The Morgan fingerprint density at radius 3 is 2.52 bits per heavy atom. The zero-order chi connectivity index (χ0) is 20.4. The number of carbonyl (C=O) groups excluding carboxylic acids is 1. The molecule has 150 valence electrons. The molecule has 0 N–H and O–H groups in total. The molecule has 6 nitrogen and oxygen atoms in total. The van der Waals surface area contributed by atoms with Gasteiger partial charge in [0.1, 0.15) is 11.4 Å². The van der Waals surface area contributed by atoms with Crippen LogP contribution in [0.3, 0.4) is 0 Å². The fourth-order valence-electron chi connectivity index (χ4n) is 3.61. The molecule has 1 saturated heterocycles. The van der Waals surface area contributed by atoms with E-state index in [0.717, 1.165) is 40.8 Å². The Hall–Kier alpha value is -2.99. The van der Waals surface area contributed by atoms with Crippen LogP contribution in [0.5, 0.6) is 5.75 Å². The van der Waals surface area contributed by atoms with Crippen LogP contribution in [-0.4, -0.2) is 53.9 Å². The first kappa shape index (κ1) is 19.3. The van der Waals surface area contributed by atoms with Gasteiger partial charge in [-0.15, -0.1) is 0 Å². The number of aromatic nitrogens is 2. The molecule has 3 aromatic rings. The van der Waals surface area contributed by atoms with E-state index in [1.165, 1.54) is 0 Å². The fourth-order valence-corrected chi connectivity index (χ4v) is 3.87. The van der Waals surface area contributed by atoms with E-state index in [0.29, 0.717) is 18.8 Å². The van der Waals surface area contributed by atoms with Gasteiger partial charge in [0.2, 0.25) is 0 Å². The Kier molecular flexibility index (Phi) is 5.45. The van der Waals surface area contributed by atoms with Crippen LogP contribution in [-0.2, 0) is 7.05 Å². The van der Waals surface area contributed by atoms with Crippen molar-refractivity contribution in [3.05, 3.63) is 65.3 Å². The third kappa shape index (κ3) is 3.93. The number of nitrogens with zero attached hydrogens (tertiary/aromatic N) is 4. The summed E-state index contributed by atoms with van der Waals surface area (Å²) in [6.45, 7) is 2.78. The lowest BCUT2D eigenvalue weighted by molar-refractivity contribution is 0.0735. The quantitative estimate of drug-likeness (QED) is 0.658. The maximum Gasteiger partial charge on any atom is 0.272 e. The zero-order valence-corrected chi connectivity index (χ0v) is 17.3. The molecule has 1 aliphatic rings. The lowest BCUT2D eigenvalue weighted by atomic mass is 10.1. The number of anilines is 1. The molecule has 7 heteroatoms. The summed E-state index contributed by atoms with van der Waals surface area (Å²) in [5.74, 6) is 0.754. The Bertz CT molecular complexity index is 1030. The van der Waals surface area contributed by atoms with E-state index >= 15 is 0 Å². The van der Waals surface area contributed by atoms with Crippen LogP contribution in [0.1, 0.15) is 10.5 Å². The number of aryl methyl sites for hydroxylation is 1. The van der Waals surface area contributed by atoms with Gasteiger partial charge in [-0.3, -0.25) is 9.48 Å². The van der Waals surface area contributed by atoms with E-state index in [2.05, 4.69) is 10.00 Å². The highest BCUT2D eigenvalue weighted by Crippen LogP contribution is 2.27. The number of hydrogen-bond donors (Lipinski definition) is 0. The van der Waals surface area contributed by atoms with Crippen LogP contribution in [0.25, 0.3) is 11.3 Å². The summed E-state index contributed by atoms with van der Waals surface area (Å²) in [6.07, 6.45) is 0. The Morgan fingerprint density at radius 1 is 1.03 bits per heavy atom. The number of para-hydroxylation sites is 1. The summed E-state index contributed by atoms with van der Waals surface area (Å²) < 4.78 is 6.94. The lowest BCUT2D eigenvalue weighted by Gasteiger charge is -2.36. The van der Waals surface area contributed by atoms with E-state index in [1.807, 2.05) is 59.5 Å². The zero-order valence-electron chi connectivity index (χ0n) is 16.5. The summed E-state index contributed by atoms with van der Waals surface area (Å²) in [6, 6.07) is 17.3. The van der Waals surface area contributed by atoms with Gasteiger partial charge in [-0.05, 0) is 30.3 Å². The van der Waals surface area contributed by atoms with Gasteiger partial charge in [0.25, 0.3) is 5.91 Å². The van der Waals surface area contributed by atoms with Crippen molar-refractivity contribution >= 4 is 23.2 Å². The molecular weight excluding hydrogens is 388 g/mol.